The highest BCUT2D eigenvalue weighted by molar-refractivity contribution is 6.01. The fourth-order valence-electron chi connectivity index (χ4n) is 4.07. The number of hydrogen-bond donors (Lipinski definition) is 3. The quantitative estimate of drug-likeness (QED) is 0.323. The molecule has 0 radical (unpaired) electrons. The van der Waals surface area contributed by atoms with Gasteiger partial charge in [-0.3, -0.25) is 0 Å². The number of benzene rings is 2. The molecule has 198 valence electrons. The third kappa shape index (κ3) is 5.81. The fourth-order valence-corrected chi connectivity index (χ4v) is 4.07. The standard InChI is InChI=1S/C25H21F3N4O3.HNO2/c1-35-21-5-4-13(8-18(21)27)23-16(25(33)34)10-22(32-7-6-20(30)19(28)12-32)31-24(23)14-2-3-15(11-29)17(26)9-14;2-1-3/h2-5,8-10,19-20H,6-7,12,30H2,1H3,(H,33,34);(H,2,3). The summed E-state index contributed by atoms with van der Waals surface area (Å²) in [4.78, 5) is 26.6. The molecule has 1 aromatic heterocycles. The summed E-state index contributed by atoms with van der Waals surface area (Å²) in [7, 11) is 1.30. The topological polar surface area (TPSA) is 162 Å². The first-order chi connectivity index (χ1) is 18.1. The van der Waals surface area contributed by atoms with Crippen LogP contribution in [-0.4, -0.2) is 53.7 Å². The van der Waals surface area contributed by atoms with E-state index in [9.17, 15) is 23.1 Å². The van der Waals surface area contributed by atoms with E-state index >= 15 is 0 Å². The number of pyridine rings is 1. The molecule has 0 aliphatic carbocycles. The fraction of sp³-hybridized carbons (Fsp3) is 0.240. The lowest BCUT2D eigenvalue weighted by Crippen LogP contribution is -2.49. The van der Waals surface area contributed by atoms with Gasteiger partial charge >= 0.3 is 5.97 Å². The van der Waals surface area contributed by atoms with Crippen LogP contribution in [0.4, 0.5) is 19.0 Å². The van der Waals surface area contributed by atoms with Gasteiger partial charge < -0.3 is 25.7 Å². The lowest BCUT2D eigenvalue weighted by molar-refractivity contribution is 0.0697. The van der Waals surface area contributed by atoms with Crippen LogP contribution in [0.2, 0.25) is 0 Å². The van der Waals surface area contributed by atoms with E-state index in [0.29, 0.717) is 13.0 Å². The number of nitriles is 1. The molecule has 0 saturated carbocycles. The molecule has 0 amide bonds. The Morgan fingerprint density at radius 2 is 1.87 bits per heavy atom. The zero-order valence-electron chi connectivity index (χ0n) is 19.9. The van der Waals surface area contributed by atoms with Gasteiger partial charge in [-0.05, 0) is 42.3 Å². The summed E-state index contributed by atoms with van der Waals surface area (Å²) in [6, 6.07) is 10.0. The number of carboxylic acids is 1. The summed E-state index contributed by atoms with van der Waals surface area (Å²) in [5.74, 6) is -2.77. The van der Waals surface area contributed by atoms with Crippen molar-refractivity contribution in [2.75, 3.05) is 25.1 Å². The molecule has 1 aliphatic heterocycles. The largest absolute Gasteiger partial charge is 0.494 e. The molecule has 4 N–H and O–H groups in total. The predicted octanol–water partition coefficient (Wildman–Crippen LogP) is 4.29. The zero-order chi connectivity index (χ0) is 28.0. The molecule has 2 heterocycles. The van der Waals surface area contributed by atoms with Crippen LogP contribution in [0.15, 0.2) is 47.8 Å². The van der Waals surface area contributed by atoms with Gasteiger partial charge in [0.25, 0.3) is 0 Å². The maximum atomic E-state index is 14.6. The molecule has 1 aliphatic rings. The molecule has 0 spiro atoms. The van der Waals surface area contributed by atoms with Crippen LogP contribution in [-0.2, 0) is 0 Å². The summed E-state index contributed by atoms with van der Waals surface area (Å²) < 4.78 is 48.4. The van der Waals surface area contributed by atoms with Crippen molar-refractivity contribution in [1.82, 2.24) is 4.98 Å². The Morgan fingerprint density at radius 3 is 2.42 bits per heavy atom. The zero-order valence-corrected chi connectivity index (χ0v) is 19.9. The Hall–Kier alpha value is -4.70. The number of rotatable bonds is 5. The van der Waals surface area contributed by atoms with E-state index in [1.54, 1.807) is 11.0 Å². The van der Waals surface area contributed by atoms with Gasteiger partial charge in [0.15, 0.2) is 16.9 Å². The van der Waals surface area contributed by atoms with Crippen LogP contribution < -0.4 is 15.4 Å². The Labute approximate surface area is 214 Å². The first-order valence-electron chi connectivity index (χ1n) is 11.1. The van der Waals surface area contributed by atoms with E-state index in [-0.39, 0.29) is 51.6 Å². The number of halogens is 3. The summed E-state index contributed by atoms with van der Waals surface area (Å²) >= 11 is 0. The van der Waals surface area contributed by atoms with Gasteiger partial charge in [-0.2, -0.15) is 5.26 Å². The number of anilines is 1. The molecule has 0 bridgehead atoms. The second kappa shape index (κ2) is 12.0. The molecular weight excluding hydrogens is 507 g/mol. The first-order valence-corrected chi connectivity index (χ1v) is 11.1. The maximum Gasteiger partial charge on any atom is 0.336 e. The van der Waals surface area contributed by atoms with Gasteiger partial charge in [-0.1, -0.05) is 12.1 Å². The van der Waals surface area contributed by atoms with E-state index in [0.717, 1.165) is 12.1 Å². The van der Waals surface area contributed by atoms with Crippen molar-refractivity contribution in [3.63, 3.8) is 0 Å². The average Bonchev–Trinajstić information content (AvgIpc) is 2.89. The van der Waals surface area contributed by atoms with Gasteiger partial charge in [-0.15, -0.1) is 4.91 Å². The third-order valence-corrected chi connectivity index (χ3v) is 5.96. The summed E-state index contributed by atoms with van der Waals surface area (Å²) in [6.07, 6.45) is -1.01. The Balaban J connectivity index is 0.00000127. The highest BCUT2D eigenvalue weighted by atomic mass is 19.1. The van der Waals surface area contributed by atoms with Gasteiger partial charge in [0.1, 0.15) is 23.9 Å². The van der Waals surface area contributed by atoms with E-state index in [4.69, 9.17) is 25.8 Å². The van der Waals surface area contributed by atoms with Gasteiger partial charge in [0.05, 0.1) is 30.5 Å². The van der Waals surface area contributed by atoms with E-state index in [1.165, 1.54) is 42.8 Å². The second-order valence-corrected chi connectivity index (χ2v) is 8.21. The van der Waals surface area contributed by atoms with Crippen molar-refractivity contribution in [2.24, 2.45) is 11.1 Å². The minimum absolute atomic E-state index is 0.0393. The van der Waals surface area contributed by atoms with Crippen molar-refractivity contribution < 1.29 is 33.0 Å². The number of hydrogen-bond acceptors (Lipinski definition) is 8. The Kier molecular flexibility index (Phi) is 8.82. The number of carboxylic acid groups (broad SMARTS) is 1. The molecule has 2 aromatic carbocycles. The molecule has 13 heteroatoms. The van der Waals surface area contributed by atoms with Gasteiger partial charge in [0.2, 0.25) is 0 Å². The summed E-state index contributed by atoms with van der Waals surface area (Å²) in [6.45, 7) is 0.246. The minimum Gasteiger partial charge on any atom is -0.494 e. The molecule has 3 aromatic rings. The molecule has 1 fully saturated rings. The van der Waals surface area contributed by atoms with Gasteiger partial charge in [0, 0.05) is 23.7 Å². The van der Waals surface area contributed by atoms with Crippen molar-refractivity contribution in [3.8, 4) is 34.2 Å². The Morgan fingerprint density at radius 1 is 1.21 bits per heavy atom. The van der Waals surface area contributed by atoms with Crippen LogP contribution in [0.1, 0.15) is 22.3 Å². The lowest BCUT2D eigenvalue weighted by Gasteiger charge is -2.34. The molecule has 1 saturated heterocycles. The van der Waals surface area contributed by atoms with Crippen molar-refractivity contribution in [1.29, 1.82) is 5.26 Å². The number of methoxy groups -OCH3 is 1. The van der Waals surface area contributed by atoms with Gasteiger partial charge in [-0.25, -0.2) is 22.9 Å². The van der Waals surface area contributed by atoms with Crippen molar-refractivity contribution >= 4 is 11.8 Å². The maximum absolute atomic E-state index is 14.6. The third-order valence-electron chi connectivity index (χ3n) is 5.96. The number of ether oxygens (including phenoxy) is 1. The molecule has 4 rings (SSSR count). The summed E-state index contributed by atoms with van der Waals surface area (Å²) in [5.41, 5.74) is 5.75. The molecule has 2 unspecified atom stereocenters. The van der Waals surface area contributed by atoms with Crippen LogP contribution in [0.25, 0.3) is 22.4 Å². The van der Waals surface area contributed by atoms with Crippen LogP contribution >= 0.6 is 0 Å². The smallest absolute Gasteiger partial charge is 0.336 e. The number of nitrogens with zero attached hydrogens (tertiary/aromatic N) is 4. The normalized spacial score (nSPS) is 16.6. The number of nitrogens with two attached hydrogens (primary N) is 1. The van der Waals surface area contributed by atoms with E-state index in [1.807, 2.05) is 0 Å². The average molecular weight is 529 g/mol. The number of aromatic nitrogens is 1. The minimum atomic E-state index is -1.34. The second-order valence-electron chi connectivity index (χ2n) is 8.21. The van der Waals surface area contributed by atoms with E-state index in [2.05, 4.69) is 4.98 Å². The van der Waals surface area contributed by atoms with Crippen molar-refractivity contribution in [2.45, 2.75) is 18.6 Å². The van der Waals surface area contributed by atoms with Crippen LogP contribution in [0, 0.1) is 27.9 Å². The highest BCUT2D eigenvalue weighted by Gasteiger charge is 2.29. The van der Waals surface area contributed by atoms with E-state index < -0.39 is 29.8 Å². The van der Waals surface area contributed by atoms with Crippen molar-refractivity contribution in [3.05, 3.63) is 70.1 Å². The molecule has 10 nitrogen and oxygen atoms in total. The van der Waals surface area contributed by atoms with Crippen LogP contribution in [0.3, 0.4) is 0 Å². The Bertz CT molecular complexity index is 1400. The molecule has 38 heavy (non-hydrogen) atoms. The predicted molar refractivity (Wildman–Crippen MR) is 131 cm³/mol. The van der Waals surface area contributed by atoms with Crippen LogP contribution in [0.5, 0.6) is 5.75 Å². The first kappa shape index (κ1) is 27.9. The number of aromatic carboxylic acids is 1. The molecular formula is C25H22F3N5O5. The summed E-state index contributed by atoms with van der Waals surface area (Å²) in [5, 5.41) is 27.0. The monoisotopic (exact) mass is 529 g/mol. The number of alkyl halides is 1. The molecule has 2 atom stereocenters. The number of piperidine rings is 1. The SMILES string of the molecule is COc1ccc(-c2c(C(=O)O)cc(N3CCC(N)C(F)C3)nc2-c2ccc(C#N)c(F)c2)cc1F.O=NO. The lowest BCUT2D eigenvalue weighted by atomic mass is 9.93. The highest BCUT2D eigenvalue weighted by Crippen LogP contribution is 2.38. The number of carbonyl (C=O) groups is 1.